The predicted molar refractivity (Wildman–Crippen MR) is 46.7 cm³/mol. The molecule has 0 amide bonds. The molecule has 2 rings (SSSR count). The maximum Gasteiger partial charge on any atom is 0.206 e. The molecule has 0 atom stereocenters. The van der Waals surface area contributed by atoms with Crippen LogP contribution < -0.4 is 5.49 Å². The van der Waals surface area contributed by atoms with Gasteiger partial charge in [-0.05, 0) is 6.26 Å². The highest BCUT2D eigenvalue weighted by molar-refractivity contribution is 7.98. The van der Waals surface area contributed by atoms with Gasteiger partial charge < -0.3 is 10.2 Å². The smallest absolute Gasteiger partial charge is 0.206 e. The van der Waals surface area contributed by atoms with E-state index < -0.39 is 0 Å². The van der Waals surface area contributed by atoms with Gasteiger partial charge in [-0.1, -0.05) is 11.8 Å². The van der Waals surface area contributed by atoms with E-state index in [0.29, 0.717) is 16.3 Å². The molecule has 0 aliphatic heterocycles. The Kier molecular flexibility index (Phi) is 1.73. The number of hydrogen-bond acceptors (Lipinski definition) is 5. The molecule has 7 heteroatoms. The number of nitrogens with one attached hydrogen (secondary N) is 2. The zero-order chi connectivity index (χ0) is 9.42. The summed E-state index contributed by atoms with van der Waals surface area (Å²) < 4.78 is 0.727. The fourth-order valence-corrected chi connectivity index (χ4v) is 1.46. The Hall–Kier alpha value is -1.50. The molecule has 0 saturated carbocycles. The van der Waals surface area contributed by atoms with E-state index in [4.69, 9.17) is 5.41 Å². The molecule has 0 bridgehead atoms. The number of aromatic amines is 1. The highest BCUT2D eigenvalue weighted by Crippen LogP contribution is 2.10. The van der Waals surface area contributed by atoms with Crippen LogP contribution in [0.25, 0.3) is 11.2 Å². The molecule has 0 aliphatic rings. The first-order valence-electron chi connectivity index (χ1n) is 3.48. The van der Waals surface area contributed by atoms with Crippen LogP contribution in [0.5, 0.6) is 0 Å². The summed E-state index contributed by atoms with van der Waals surface area (Å²) in [5.74, 6) is 0. The van der Waals surface area contributed by atoms with Crippen molar-refractivity contribution < 1.29 is 5.21 Å². The summed E-state index contributed by atoms with van der Waals surface area (Å²) in [5, 5.41) is 17.3. The van der Waals surface area contributed by atoms with E-state index in [1.807, 2.05) is 0 Å². The minimum atomic E-state index is -0.0353. The third kappa shape index (κ3) is 1.08. The Balaban J connectivity index is 2.92. The van der Waals surface area contributed by atoms with Crippen molar-refractivity contribution in [3.05, 3.63) is 11.8 Å². The molecule has 2 aromatic heterocycles. The van der Waals surface area contributed by atoms with Gasteiger partial charge in [0.1, 0.15) is 5.52 Å². The fourth-order valence-electron chi connectivity index (χ4n) is 1.02. The molecule has 0 spiro atoms. The van der Waals surface area contributed by atoms with Crippen LogP contribution >= 0.6 is 11.8 Å². The van der Waals surface area contributed by atoms with Crippen LogP contribution in [0.2, 0.25) is 0 Å². The first kappa shape index (κ1) is 8.11. The number of hydrogen-bond donors (Lipinski definition) is 3. The molecule has 0 saturated heterocycles. The van der Waals surface area contributed by atoms with Gasteiger partial charge in [0, 0.05) is 0 Å². The van der Waals surface area contributed by atoms with Gasteiger partial charge >= 0.3 is 0 Å². The molecule has 2 aromatic rings. The van der Waals surface area contributed by atoms with Gasteiger partial charge in [-0.2, -0.15) is 4.98 Å². The summed E-state index contributed by atoms with van der Waals surface area (Å²) in [7, 11) is 0. The Morgan fingerprint density at radius 2 is 2.46 bits per heavy atom. The second-order valence-corrected chi connectivity index (χ2v) is 3.13. The molecule has 68 valence electrons. The van der Waals surface area contributed by atoms with Crippen molar-refractivity contribution in [2.75, 3.05) is 6.26 Å². The molecule has 13 heavy (non-hydrogen) atoms. The van der Waals surface area contributed by atoms with Crippen molar-refractivity contribution in [3.8, 4) is 0 Å². The first-order chi connectivity index (χ1) is 6.24. The van der Waals surface area contributed by atoms with Gasteiger partial charge in [-0.15, -0.1) is 4.73 Å². The lowest BCUT2D eigenvalue weighted by Gasteiger charge is -2.02. The quantitative estimate of drug-likeness (QED) is 0.346. The van der Waals surface area contributed by atoms with Crippen LogP contribution in [-0.2, 0) is 0 Å². The van der Waals surface area contributed by atoms with Crippen LogP contribution in [0.15, 0.2) is 11.5 Å². The van der Waals surface area contributed by atoms with Crippen molar-refractivity contribution in [2.45, 2.75) is 5.16 Å². The number of H-pyrrole nitrogens is 1. The fraction of sp³-hybridized carbons (Fsp3) is 0.167. The largest absolute Gasteiger partial charge is 0.424 e. The predicted octanol–water partition coefficient (Wildman–Crippen LogP) is 0.198. The Morgan fingerprint density at radius 1 is 1.69 bits per heavy atom. The van der Waals surface area contributed by atoms with Gasteiger partial charge in [0.2, 0.25) is 5.16 Å². The molecular formula is C6H7N5OS. The minimum Gasteiger partial charge on any atom is -0.424 e. The van der Waals surface area contributed by atoms with E-state index in [9.17, 15) is 5.21 Å². The summed E-state index contributed by atoms with van der Waals surface area (Å²) in [6.07, 6.45) is 3.22. The SMILES string of the molecule is CSc1nc2nc[nH]c2c(=N)n1O. The average molecular weight is 197 g/mol. The Morgan fingerprint density at radius 3 is 3.15 bits per heavy atom. The van der Waals surface area contributed by atoms with Crippen molar-refractivity contribution in [1.82, 2.24) is 19.7 Å². The normalized spacial score (nSPS) is 10.8. The molecule has 0 aliphatic carbocycles. The molecule has 0 aromatic carbocycles. The number of imidazole rings is 1. The molecule has 0 radical (unpaired) electrons. The standard InChI is InChI=1S/C6H7N5OS/c1-13-6-10-5-3(8-2-9-5)4(7)11(6)12/h2,7,12H,1H3,(H,8,9). The second-order valence-electron chi connectivity index (χ2n) is 2.36. The molecule has 0 unspecified atom stereocenters. The Labute approximate surface area is 77.1 Å². The summed E-state index contributed by atoms with van der Waals surface area (Å²) >= 11 is 1.26. The highest BCUT2D eigenvalue weighted by Gasteiger charge is 2.07. The number of rotatable bonds is 1. The monoisotopic (exact) mass is 197 g/mol. The number of thioether (sulfide) groups is 1. The summed E-state index contributed by atoms with van der Waals surface area (Å²) in [5.41, 5.74) is 0.840. The molecule has 0 fully saturated rings. The molecular weight excluding hydrogens is 190 g/mol. The molecule has 3 N–H and O–H groups in total. The zero-order valence-electron chi connectivity index (χ0n) is 6.77. The maximum atomic E-state index is 9.41. The Bertz CT molecular complexity index is 501. The van der Waals surface area contributed by atoms with E-state index in [1.54, 1.807) is 6.26 Å². The summed E-state index contributed by atoms with van der Waals surface area (Å²) in [6.45, 7) is 0. The van der Waals surface area contributed by atoms with Gasteiger partial charge in [0.25, 0.3) is 0 Å². The number of fused-ring (bicyclic) bond motifs is 1. The van der Waals surface area contributed by atoms with Crippen LogP contribution in [0.3, 0.4) is 0 Å². The van der Waals surface area contributed by atoms with E-state index in [1.165, 1.54) is 18.1 Å². The van der Waals surface area contributed by atoms with Crippen molar-refractivity contribution >= 4 is 22.9 Å². The maximum absolute atomic E-state index is 9.41. The average Bonchev–Trinajstić information content (AvgIpc) is 2.59. The van der Waals surface area contributed by atoms with E-state index in [-0.39, 0.29) is 5.49 Å². The van der Waals surface area contributed by atoms with Crippen LogP contribution in [0, 0.1) is 5.41 Å². The van der Waals surface area contributed by atoms with Gasteiger partial charge in [-0.25, -0.2) is 4.98 Å². The zero-order valence-corrected chi connectivity index (χ0v) is 7.59. The lowest BCUT2D eigenvalue weighted by atomic mass is 10.5. The van der Waals surface area contributed by atoms with E-state index in [2.05, 4.69) is 15.0 Å². The number of aromatic nitrogens is 4. The molecule has 2 heterocycles. The van der Waals surface area contributed by atoms with Crippen molar-refractivity contribution in [2.24, 2.45) is 0 Å². The van der Waals surface area contributed by atoms with Crippen LogP contribution in [-0.4, -0.2) is 31.1 Å². The minimum absolute atomic E-state index is 0.0353. The third-order valence-electron chi connectivity index (χ3n) is 1.63. The second kappa shape index (κ2) is 2.77. The summed E-state index contributed by atoms with van der Waals surface area (Å²) in [6, 6.07) is 0. The lowest BCUT2D eigenvalue weighted by Crippen LogP contribution is -2.21. The van der Waals surface area contributed by atoms with E-state index in [0.717, 1.165) is 4.73 Å². The van der Waals surface area contributed by atoms with Gasteiger partial charge in [0.05, 0.1) is 6.33 Å². The van der Waals surface area contributed by atoms with Crippen LogP contribution in [0.1, 0.15) is 0 Å². The topological polar surface area (TPSA) is 90.6 Å². The van der Waals surface area contributed by atoms with E-state index >= 15 is 0 Å². The summed E-state index contributed by atoms with van der Waals surface area (Å²) in [4.78, 5) is 10.7. The van der Waals surface area contributed by atoms with Crippen LogP contribution in [0.4, 0.5) is 0 Å². The van der Waals surface area contributed by atoms with Crippen molar-refractivity contribution in [3.63, 3.8) is 0 Å². The number of nitrogens with zero attached hydrogens (tertiary/aromatic N) is 3. The van der Waals surface area contributed by atoms with Gasteiger partial charge in [0.15, 0.2) is 11.1 Å². The first-order valence-corrected chi connectivity index (χ1v) is 4.70. The lowest BCUT2D eigenvalue weighted by molar-refractivity contribution is 0.141. The third-order valence-corrected chi connectivity index (χ3v) is 2.26. The van der Waals surface area contributed by atoms with Gasteiger partial charge in [-0.3, -0.25) is 5.41 Å². The highest BCUT2D eigenvalue weighted by atomic mass is 32.2. The molecule has 6 nitrogen and oxygen atoms in total. The van der Waals surface area contributed by atoms with Crippen molar-refractivity contribution in [1.29, 1.82) is 5.41 Å².